The Kier molecular flexibility index (Phi) is 10.1. The minimum absolute atomic E-state index is 0.223. The zero-order valence-electron chi connectivity index (χ0n) is 18.0. The van der Waals surface area contributed by atoms with E-state index in [-0.39, 0.29) is 18.6 Å². The third-order valence-corrected chi connectivity index (χ3v) is 5.80. The van der Waals surface area contributed by atoms with Gasteiger partial charge in [-0.2, -0.15) is 0 Å². The van der Waals surface area contributed by atoms with E-state index in [0.29, 0.717) is 12.1 Å². The van der Waals surface area contributed by atoms with Crippen LogP contribution in [-0.4, -0.2) is 38.2 Å². The predicted molar refractivity (Wildman–Crippen MR) is 113 cm³/mol. The smallest absolute Gasteiger partial charge is 0.333 e. The molecule has 0 amide bonds. The molecule has 1 fully saturated rings. The van der Waals surface area contributed by atoms with Gasteiger partial charge in [-0.25, -0.2) is 4.79 Å². The van der Waals surface area contributed by atoms with Gasteiger partial charge in [-0.05, 0) is 13.3 Å². The summed E-state index contributed by atoms with van der Waals surface area (Å²) in [6.45, 7) is 4.00. The van der Waals surface area contributed by atoms with E-state index >= 15 is 0 Å². The highest BCUT2D eigenvalue weighted by atomic mass is 16.5. The molecule has 0 unspecified atom stereocenters. The Morgan fingerprint density at radius 2 is 1.62 bits per heavy atom. The summed E-state index contributed by atoms with van der Waals surface area (Å²) in [6.07, 6.45) is 11.5. The Morgan fingerprint density at radius 3 is 2.17 bits per heavy atom. The Hall–Kier alpha value is -1.44. The lowest BCUT2D eigenvalue weighted by Crippen LogP contribution is -2.42. The molecule has 2 heterocycles. The summed E-state index contributed by atoms with van der Waals surface area (Å²) in [7, 11) is 0. The van der Waals surface area contributed by atoms with E-state index in [9.17, 15) is 19.8 Å². The van der Waals surface area contributed by atoms with Crippen LogP contribution in [0.15, 0.2) is 15.8 Å². The van der Waals surface area contributed by atoms with Crippen molar-refractivity contribution in [1.82, 2.24) is 9.13 Å². The number of aromatic nitrogens is 2. The summed E-state index contributed by atoms with van der Waals surface area (Å²) < 4.78 is 8.25. The highest BCUT2D eigenvalue weighted by Crippen LogP contribution is 2.27. The van der Waals surface area contributed by atoms with Gasteiger partial charge in [0.05, 0.1) is 12.7 Å². The van der Waals surface area contributed by atoms with Crippen molar-refractivity contribution >= 4 is 0 Å². The molecule has 2 rings (SSSR count). The van der Waals surface area contributed by atoms with Gasteiger partial charge in [-0.1, -0.05) is 64.7 Å². The molecule has 29 heavy (non-hydrogen) atoms. The molecule has 3 atom stereocenters. The number of ether oxygens (including phenoxy) is 1. The lowest BCUT2D eigenvalue weighted by atomic mass is 10.1. The highest BCUT2D eigenvalue weighted by Gasteiger charge is 2.35. The van der Waals surface area contributed by atoms with Crippen LogP contribution < -0.4 is 11.2 Å². The number of rotatable bonds is 13. The second kappa shape index (κ2) is 12.3. The van der Waals surface area contributed by atoms with Crippen LogP contribution in [-0.2, 0) is 11.3 Å². The van der Waals surface area contributed by atoms with Gasteiger partial charge in [0.25, 0.3) is 5.56 Å². The van der Waals surface area contributed by atoms with Crippen molar-refractivity contribution in [2.24, 2.45) is 0 Å². The summed E-state index contributed by atoms with van der Waals surface area (Å²) in [5.74, 6) is 0. The van der Waals surface area contributed by atoms with Gasteiger partial charge in [-0.15, -0.1) is 0 Å². The summed E-state index contributed by atoms with van der Waals surface area (Å²) in [5, 5.41) is 19.2. The number of aryl methyl sites for hydroxylation is 1. The fraction of sp³-hybridized carbons (Fsp3) is 0.818. The predicted octanol–water partition coefficient (Wildman–Crippen LogP) is 2.88. The lowest BCUT2D eigenvalue weighted by molar-refractivity contribution is -0.0464. The Balaban J connectivity index is 1.85. The molecule has 0 bridgehead atoms. The van der Waals surface area contributed by atoms with Crippen LogP contribution in [0, 0.1) is 6.92 Å². The van der Waals surface area contributed by atoms with Crippen molar-refractivity contribution in [2.45, 2.75) is 109 Å². The van der Waals surface area contributed by atoms with Gasteiger partial charge in [0.15, 0.2) is 0 Å². The van der Waals surface area contributed by atoms with E-state index in [1.807, 2.05) is 0 Å². The fourth-order valence-corrected chi connectivity index (χ4v) is 3.97. The molecule has 2 N–H and O–H groups in total. The topological polar surface area (TPSA) is 93.7 Å². The number of unbranched alkanes of at least 4 members (excludes halogenated alkanes) is 9. The second-order valence-electron chi connectivity index (χ2n) is 8.26. The van der Waals surface area contributed by atoms with Gasteiger partial charge >= 0.3 is 5.69 Å². The average molecular weight is 411 g/mol. The molecule has 1 aromatic rings. The number of hydrogen-bond acceptors (Lipinski definition) is 5. The molecule has 0 aromatic carbocycles. The Bertz CT molecular complexity index is 727. The zero-order valence-corrected chi connectivity index (χ0v) is 18.0. The van der Waals surface area contributed by atoms with Crippen molar-refractivity contribution in [3.63, 3.8) is 0 Å². The van der Waals surface area contributed by atoms with Crippen molar-refractivity contribution in [3.05, 3.63) is 32.6 Å². The first-order chi connectivity index (χ1) is 14.0. The quantitative estimate of drug-likeness (QED) is 0.488. The Morgan fingerprint density at radius 1 is 1.03 bits per heavy atom. The van der Waals surface area contributed by atoms with E-state index in [1.165, 1.54) is 60.3 Å². The van der Waals surface area contributed by atoms with E-state index in [2.05, 4.69) is 6.92 Å². The first-order valence-corrected chi connectivity index (χ1v) is 11.3. The van der Waals surface area contributed by atoms with Crippen LogP contribution in [0.1, 0.15) is 89.3 Å². The molecule has 1 saturated heterocycles. The summed E-state index contributed by atoms with van der Waals surface area (Å²) in [4.78, 5) is 25.3. The molecule has 7 nitrogen and oxygen atoms in total. The number of hydrogen-bond donors (Lipinski definition) is 2. The maximum absolute atomic E-state index is 12.8. The lowest BCUT2D eigenvalue weighted by Gasteiger charge is -2.17. The number of nitrogens with zero attached hydrogens (tertiary/aromatic N) is 2. The molecular formula is C22H38N2O5. The molecule has 7 heteroatoms. The number of aliphatic hydroxyl groups excluding tert-OH is 2. The molecular weight excluding hydrogens is 372 g/mol. The maximum Gasteiger partial charge on any atom is 0.333 e. The van der Waals surface area contributed by atoms with Crippen LogP contribution >= 0.6 is 0 Å². The minimum Gasteiger partial charge on any atom is -0.394 e. The zero-order chi connectivity index (χ0) is 21.2. The van der Waals surface area contributed by atoms with Gasteiger partial charge in [0.1, 0.15) is 12.3 Å². The molecule has 0 aliphatic carbocycles. The number of aliphatic hydroxyl groups is 2. The van der Waals surface area contributed by atoms with Gasteiger partial charge in [0.2, 0.25) is 0 Å². The summed E-state index contributed by atoms with van der Waals surface area (Å²) in [5.41, 5.74) is -0.200. The van der Waals surface area contributed by atoms with Crippen LogP contribution in [0.2, 0.25) is 0 Å². The first-order valence-electron chi connectivity index (χ1n) is 11.3. The third kappa shape index (κ3) is 6.79. The van der Waals surface area contributed by atoms with Crippen LogP contribution in [0.4, 0.5) is 0 Å². The Labute approximate surface area is 173 Å². The minimum atomic E-state index is -0.820. The van der Waals surface area contributed by atoms with E-state index in [0.717, 1.165) is 19.3 Å². The van der Waals surface area contributed by atoms with Crippen molar-refractivity contribution in [2.75, 3.05) is 6.61 Å². The average Bonchev–Trinajstić information content (AvgIpc) is 3.08. The largest absolute Gasteiger partial charge is 0.394 e. The SMILES string of the molecule is CCCCCCCCCCCCn1c(=O)c(C)cn([C@H]2C[C@H](O)[C@@H](CO)O2)c1=O. The molecule has 1 aliphatic heterocycles. The van der Waals surface area contributed by atoms with Crippen LogP contribution in [0.3, 0.4) is 0 Å². The first kappa shape index (κ1) is 23.8. The summed E-state index contributed by atoms with van der Waals surface area (Å²) >= 11 is 0. The van der Waals surface area contributed by atoms with Crippen molar-refractivity contribution in [3.8, 4) is 0 Å². The molecule has 1 aliphatic rings. The molecule has 166 valence electrons. The molecule has 0 radical (unpaired) electrons. The molecule has 0 saturated carbocycles. The second-order valence-corrected chi connectivity index (χ2v) is 8.26. The normalized spacial score (nSPS) is 21.7. The van der Waals surface area contributed by atoms with E-state index < -0.39 is 24.1 Å². The monoisotopic (exact) mass is 410 g/mol. The van der Waals surface area contributed by atoms with Crippen LogP contribution in [0.5, 0.6) is 0 Å². The van der Waals surface area contributed by atoms with E-state index in [4.69, 9.17) is 4.74 Å². The van der Waals surface area contributed by atoms with Crippen molar-refractivity contribution in [1.29, 1.82) is 0 Å². The molecule has 0 spiro atoms. The van der Waals surface area contributed by atoms with Gasteiger partial charge < -0.3 is 14.9 Å². The molecule has 1 aromatic heterocycles. The fourth-order valence-electron chi connectivity index (χ4n) is 3.97. The third-order valence-electron chi connectivity index (χ3n) is 5.80. The standard InChI is InChI=1S/C22H38N2O5/c1-3-4-5-6-7-8-9-10-11-12-13-23-21(27)17(2)15-24(22(23)28)20-14-18(26)19(16-25)29-20/h15,18-20,25-26H,3-14,16H2,1-2H3/t18-,19+,20+/m0/s1. The highest BCUT2D eigenvalue weighted by molar-refractivity contribution is 5.04. The van der Waals surface area contributed by atoms with E-state index in [1.54, 1.807) is 6.92 Å². The van der Waals surface area contributed by atoms with Gasteiger partial charge in [0, 0.05) is 24.7 Å². The maximum atomic E-state index is 12.8. The summed E-state index contributed by atoms with van der Waals surface area (Å²) in [6, 6.07) is 0. The van der Waals surface area contributed by atoms with Crippen molar-refractivity contribution < 1.29 is 14.9 Å². The van der Waals surface area contributed by atoms with Crippen LogP contribution in [0.25, 0.3) is 0 Å². The van der Waals surface area contributed by atoms with Gasteiger partial charge in [-0.3, -0.25) is 13.9 Å².